The molecule has 4 rings (SSSR count). The summed E-state index contributed by atoms with van der Waals surface area (Å²) < 4.78 is 8.36. The second-order valence-electron chi connectivity index (χ2n) is 6.61. The Morgan fingerprint density at radius 2 is 1.87 bits per heavy atom. The van der Waals surface area contributed by atoms with Gasteiger partial charge < -0.3 is 15.3 Å². The van der Waals surface area contributed by atoms with E-state index in [-0.39, 0.29) is 4.87 Å². The molecular weight excluding hydrogens is 398 g/mol. The van der Waals surface area contributed by atoms with Crippen LogP contribution in [0.2, 0.25) is 0 Å². The summed E-state index contributed by atoms with van der Waals surface area (Å²) in [6.07, 6.45) is 0. The van der Waals surface area contributed by atoms with Crippen molar-refractivity contribution in [2.75, 3.05) is 19.5 Å². The van der Waals surface area contributed by atoms with E-state index < -0.39 is 0 Å². The number of benzene rings is 3. The highest BCUT2D eigenvalue weighted by molar-refractivity contribution is 7.16. The molecular formula is C23H21N3O3S. The Morgan fingerprint density at radius 1 is 1.03 bits per heavy atom. The third kappa shape index (κ3) is 4.21. The van der Waals surface area contributed by atoms with Crippen molar-refractivity contribution in [1.29, 1.82) is 0 Å². The fourth-order valence-corrected chi connectivity index (χ4v) is 4.20. The quantitative estimate of drug-likeness (QED) is 0.278. The van der Waals surface area contributed by atoms with Crippen LogP contribution in [0.5, 0.6) is 5.75 Å². The van der Waals surface area contributed by atoms with Crippen molar-refractivity contribution in [3.8, 4) is 5.75 Å². The van der Waals surface area contributed by atoms with Crippen LogP contribution < -0.4 is 15.3 Å². The summed E-state index contributed by atoms with van der Waals surface area (Å²) >= 11 is 1.21. The van der Waals surface area contributed by atoms with Gasteiger partial charge in [0.1, 0.15) is 25.2 Å². The van der Waals surface area contributed by atoms with Crippen LogP contribution in [0.1, 0.15) is 11.1 Å². The zero-order valence-corrected chi connectivity index (χ0v) is 17.3. The van der Waals surface area contributed by atoms with Crippen LogP contribution in [0.3, 0.4) is 0 Å². The Morgan fingerprint density at radius 3 is 2.63 bits per heavy atom. The average molecular weight is 420 g/mol. The smallest absolute Gasteiger partial charge is 0.308 e. The van der Waals surface area contributed by atoms with Gasteiger partial charge in [0.2, 0.25) is 0 Å². The SMILES string of the molecule is CON=C(c1ccccc1)c1ccc2c(c1)sc(=O)n2CCOc1cccc(N)c1. The predicted molar refractivity (Wildman–Crippen MR) is 122 cm³/mol. The number of nitrogen functional groups attached to an aromatic ring is 1. The van der Waals surface area contributed by atoms with Gasteiger partial charge >= 0.3 is 4.87 Å². The molecule has 2 N–H and O–H groups in total. The number of oxime groups is 1. The van der Waals surface area contributed by atoms with Crippen molar-refractivity contribution < 1.29 is 9.57 Å². The lowest BCUT2D eigenvalue weighted by Gasteiger charge is -2.09. The molecule has 0 aliphatic rings. The van der Waals surface area contributed by atoms with Crippen LogP contribution in [-0.4, -0.2) is 24.0 Å². The van der Waals surface area contributed by atoms with Crippen molar-refractivity contribution in [3.05, 3.63) is 93.6 Å². The van der Waals surface area contributed by atoms with Crippen molar-refractivity contribution in [2.24, 2.45) is 5.16 Å². The molecule has 0 aliphatic heterocycles. The van der Waals surface area contributed by atoms with Gasteiger partial charge in [-0.15, -0.1) is 0 Å². The number of fused-ring (bicyclic) bond motifs is 1. The fourth-order valence-electron chi connectivity index (χ4n) is 3.24. The molecule has 0 fully saturated rings. The van der Waals surface area contributed by atoms with E-state index in [2.05, 4.69) is 5.16 Å². The maximum absolute atomic E-state index is 12.6. The van der Waals surface area contributed by atoms with Gasteiger partial charge in [-0.25, -0.2) is 0 Å². The lowest BCUT2D eigenvalue weighted by molar-refractivity contribution is 0.214. The number of hydrogen-bond donors (Lipinski definition) is 1. The van der Waals surface area contributed by atoms with Crippen molar-refractivity contribution in [2.45, 2.75) is 6.54 Å². The Kier molecular flexibility index (Phi) is 5.81. The molecule has 0 saturated heterocycles. The first-order valence-corrected chi connectivity index (χ1v) is 10.3. The van der Waals surface area contributed by atoms with Crippen LogP contribution >= 0.6 is 11.3 Å². The number of rotatable bonds is 7. The van der Waals surface area contributed by atoms with E-state index in [9.17, 15) is 4.79 Å². The Hall–Kier alpha value is -3.58. The van der Waals surface area contributed by atoms with Crippen molar-refractivity contribution in [1.82, 2.24) is 4.57 Å². The van der Waals surface area contributed by atoms with Crippen LogP contribution in [0, 0.1) is 0 Å². The Bertz CT molecular complexity index is 1250. The molecule has 0 radical (unpaired) electrons. The number of thiazole rings is 1. The van der Waals surface area contributed by atoms with E-state index in [1.165, 1.54) is 18.4 Å². The van der Waals surface area contributed by atoms with Crippen LogP contribution in [0.4, 0.5) is 5.69 Å². The summed E-state index contributed by atoms with van der Waals surface area (Å²) in [5, 5.41) is 4.20. The van der Waals surface area contributed by atoms with E-state index in [1.807, 2.05) is 60.7 Å². The molecule has 1 heterocycles. The molecule has 0 spiro atoms. The molecule has 1 aromatic heterocycles. The van der Waals surface area contributed by atoms with Gasteiger partial charge in [-0.2, -0.15) is 0 Å². The first-order valence-electron chi connectivity index (χ1n) is 9.44. The summed E-state index contributed by atoms with van der Waals surface area (Å²) in [4.78, 5) is 17.6. The summed E-state index contributed by atoms with van der Waals surface area (Å²) in [5.41, 5.74) is 9.84. The molecule has 0 bridgehead atoms. The molecule has 0 unspecified atom stereocenters. The zero-order valence-electron chi connectivity index (χ0n) is 16.4. The second kappa shape index (κ2) is 8.84. The number of hydrogen-bond acceptors (Lipinski definition) is 6. The van der Waals surface area contributed by atoms with Crippen LogP contribution in [0.25, 0.3) is 10.2 Å². The molecule has 0 amide bonds. The lowest BCUT2D eigenvalue weighted by Crippen LogP contribution is -2.17. The highest BCUT2D eigenvalue weighted by atomic mass is 32.1. The van der Waals surface area contributed by atoms with Crippen LogP contribution in [-0.2, 0) is 11.4 Å². The van der Waals surface area contributed by atoms with E-state index in [0.717, 1.165) is 27.1 Å². The standard InChI is InChI=1S/C23H21N3O3S/c1-28-25-22(16-6-3-2-4-7-16)17-10-11-20-21(14-17)30-23(27)26(20)12-13-29-19-9-5-8-18(24)15-19/h2-11,14-15H,12-13,24H2,1H3. The highest BCUT2D eigenvalue weighted by Gasteiger charge is 2.13. The molecule has 4 aromatic rings. The van der Waals surface area contributed by atoms with E-state index >= 15 is 0 Å². The molecule has 6 nitrogen and oxygen atoms in total. The van der Waals surface area contributed by atoms with Crippen molar-refractivity contribution in [3.63, 3.8) is 0 Å². The third-order valence-electron chi connectivity index (χ3n) is 4.61. The summed E-state index contributed by atoms with van der Waals surface area (Å²) in [5.74, 6) is 0.688. The minimum absolute atomic E-state index is 0.0248. The van der Waals surface area contributed by atoms with Gasteiger partial charge in [-0.1, -0.05) is 59.0 Å². The molecule has 3 aromatic carbocycles. The third-order valence-corrected chi connectivity index (χ3v) is 5.56. The zero-order chi connectivity index (χ0) is 20.9. The van der Waals surface area contributed by atoms with Crippen LogP contribution in [0.15, 0.2) is 82.7 Å². The average Bonchev–Trinajstić information content (AvgIpc) is 3.07. The maximum Gasteiger partial charge on any atom is 0.308 e. The lowest BCUT2D eigenvalue weighted by atomic mass is 10.0. The molecule has 152 valence electrons. The van der Waals surface area contributed by atoms with Gasteiger partial charge in [0.05, 0.1) is 16.8 Å². The Labute approximate surface area is 177 Å². The van der Waals surface area contributed by atoms with E-state index in [0.29, 0.717) is 24.6 Å². The molecule has 0 atom stereocenters. The molecule has 0 saturated carbocycles. The summed E-state index contributed by atoms with van der Waals surface area (Å²) in [6.45, 7) is 0.821. The first kappa shape index (κ1) is 19.7. The maximum atomic E-state index is 12.6. The van der Waals surface area contributed by atoms with Gasteiger partial charge in [-0.05, 0) is 24.3 Å². The summed E-state index contributed by atoms with van der Waals surface area (Å²) in [7, 11) is 1.52. The largest absolute Gasteiger partial charge is 0.492 e. The Balaban J connectivity index is 1.59. The predicted octanol–water partition coefficient (Wildman–Crippen LogP) is 4.12. The topological polar surface area (TPSA) is 78.8 Å². The fraction of sp³-hybridized carbons (Fsp3) is 0.130. The monoisotopic (exact) mass is 419 g/mol. The van der Waals surface area contributed by atoms with Gasteiger partial charge in [0.25, 0.3) is 0 Å². The second-order valence-corrected chi connectivity index (χ2v) is 7.60. The number of nitrogens with zero attached hydrogens (tertiary/aromatic N) is 2. The van der Waals surface area contributed by atoms with Gasteiger partial charge in [-0.3, -0.25) is 9.36 Å². The number of aromatic nitrogens is 1. The minimum atomic E-state index is -0.0248. The van der Waals surface area contributed by atoms with E-state index in [4.69, 9.17) is 15.3 Å². The van der Waals surface area contributed by atoms with Gasteiger partial charge in [0, 0.05) is 22.9 Å². The number of nitrogens with two attached hydrogens (primary N) is 1. The first-order chi connectivity index (χ1) is 14.7. The normalized spacial score (nSPS) is 11.6. The minimum Gasteiger partial charge on any atom is -0.492 e. The molecule has 0 aliphatic carbocycles. The molecule has 30 heavy (non-hydrogen) atoms. The number of anilines is 1. The number of ether oxygens (including phenoxy) is 1. The van der Waals surface area contributed by atoms with E-state index in [1.54, 1.807) is 16.7 Å². The summed E-state index contributed by atoms with van der Waals surface area (Å²) in [6, 6.07) is 22.9. The van der Waals surface area contributed by atoms with Gasteiger partial charge in [0.15, 0.2) is 0 Å². The van der Waals surface area contributed by atoms with Crippen molar-refractivity contribution >= 4 is 33.0 Å². The molecule has 7 heteroatoms. The highest BCUT2D eigenvalue weighted by Crippen LogP contribution is 2.22.